The van der Waals surface area contributed by atoms with Gasteiger partial charge in [-0.05, 0) is 37.5 Å². The topological polar surface area (TPSA) is 38.0 Å². The molecule has 0 heterocycles. The maximum Gasteiger partial charge on any atom is 0.146 e. The predicted molar refractivity (Wildman–Crippen MR) is 55.6 cm³/mol. The van der Waals surface area contributed by atoms with Gasteiger partial charge in [-0.2, -0.15) is 0 Å². The van der Waals surface area contributed by atoms with E-state index < -0.39 is 11.6 Å². The fourth-order valence-corrected chi connectivity index (χ4v) is 1.98. The van der Waals surface area contributed by atoms with Crippen molar-refractivity contribution in [3.63, 3.8) is 0 Å². The first-order valence-corrected chi connectivity index (χ1v) is 5.14. The lowest BCUT2D eigenvalue weighted by molar-refractivity contribution is 0.590. The lowest BCUT2D eigenvalue weighted by atomic mass is 10.1. The van der Waals surface area contributed by atoms with Gasteiger partial charge in [-0.25, -0.2) is 8.78 Å². The molecule has 2 rings (SSSR count). The number of rotatable bonds is 2. The van der Waals surface area contributed by atoms with E-state index in [2.05, 4.69) is 5.32 Å². The van der Waals surface area contributed by atoms with E-state index in [1.807, 2.05) is 0 Å². The monoisotopic (exact) mass is 212 g/mol. The summed E-state index contributed by atoms with van der Waals surface area (Å²) in [6.45, 7) is 0. The molecule has 0 radical (unpaired) electrons. The standard InChI is InChI=1S/C11H14F2N2/c12-7-4-5-8(13)11(6-7)15-10-3-1-2-9(10)14/h4-6,9-10,15H,1-3,14H2/t9-,10-/m0/s1. The lowest BCUT2D eigenvalue weighted by Crippen LogP contribution is -2.35. The average Bonchev–Trinajstić information content (AvgIpc) is 2.58. The van der Waals surface area contributed by atoms with Crippen molar-refractivity contribution in [3.8, 4) is 0 Å². The van der Waals surface area contributed by atoms with E-state index in [1.54, 1.807) is 0 Å². The summed E-state index contributed by atoms with van der Waals surface area (Å²) < 4.78 is 26.2. The number of halogens is 2. The highest BCUT2D eigenvalue weighted by molar-refractivity contribution is 5.46. The third-order valence-electron chi connectivity index (χ3n) is 2.84. The van der Waals surface area contributed by atoms with Crippen LogP contribution in [-0.4, -0.2) is 12.1 Å². The molecule has 1 saturated carbocycles. The summed E-state index contributed by atoms with van der Waals surface area (Å²) in [5, 5.41) is 2.96. The molecule has 0 bridgehead atoms. The minimum absolute atomic E-state index is 0.0349. The Hall–Kier alpha value is -1.16. The van der Waals surface area contributed by atoms with E-state index in [4.69, 9.17) is 5.73 Å². The molecule has 1 aliphatic carbocycles. The zero-order chi connectivity index (χ0) is 10.8. The second-order valence-electron chi connectivity index (χ2n) is 3.97. The third kappa shape index (κ3) is 2.26. The SMILES string of the molecule is N[C@H]1CCC[C@@H]1Nc1cc(F)ccc1F. The molecule has 4 heteroatoms. The normalized spacial score (nSPS) is 25.5. The van der Waals surface area contributed by atoms with Crippen molar-refractivity contribution in [3.05, 3.63) is 29.8 Å². The molecular formula is C11H14F2N2. The van der Waals surface area contributed by atoms with Gasteiger partial charge in [0.05, 0.1) is 5.69 Å². The van der Waals surface area contributed by atoms with Crippen LogP contribution in [0.1, 0.15) is 19.3 Å². The van der Waals surface area contributed by atoms with Crippen molar-refractivity contribution in [2.24, 2.45) is 5.73 Å². The Balaban J connectivity index is 2.12. The lowest BCUT2D eigenvalue weighted by Gasteiger charge is -2.18. The second-order valence-corrected chi connectivity index (χ2v) is 3.97. The molecule has 82 valence electrons. The van der Waals surface area contributed by atoms with Crippen LogP contribution in [0.5, 0.6) is 0 Å². The maximum absolute atomic E-state index is 13.3. The Bertz CT molecular complexity index is 354. The van der Waals surface area contributed by atoms with Crippen LogP contribution in [-0.2, 0) is 0 Å². The highest BCUT2D eigenvalue weighted by Crippen LogP contribution is 2.23. The molecule has 0 spiro atoms. The van der Waals surface area contributed by atoms with Gasteiger partial charge in [0.2, 0.25) is 0 Å². The maximum atomic E-state index is 13.3. The van der Waals surface area contributed by atoms with Gasteiger partial charge in [0, 0.05) is 12.1 Å². The smallest absolute Gasteiger partial charge is 0.146 e. The van der Waals surface area contributed by atoms with Crippen LogP contribution in [0.15, 0.2) is 18.2 Å². The predicted octanol–water partition coefficient (Wildman–Crippen LogP) is 2.26. The Morgan fingerprint density at radius 2 is 2.07 bits per heavy atom. The first kappa shape index (κ1) is 10.4. The Labute approximate surface area is 87.5 Å². The summed E-state index contributed by atoms with van der Waals surface area (Å²) in [4.78, 5) is 0. The molecule has 2 atom stereocenters. The van der Waals surface area contributed by atoms with Crippen LogP contribution >= 0.6 is 0 Å². The fraction of sp³-hybridized carbons (Fsp3) is 0.455. The minimum Gasteiger partial charge on any atom is -0.378 e. The number of anilines is 1. The van der Waals surface area contributed by atoms with Crippen LogP contribution < -0.4 is 11.1 Å². The van der Waals surface area contributed by atoms with Gasteiger partial charge in [-0.15, -0.1) is 0 Å². The number of hydrogen-bond acceptors (Lipinski definition) is 2. The molecule has 0 aromatic heterocycles. The van der Waals surface area contributed by atoms with Crippen LogP contribution in [0, 0.1) is 11.6 Å². The summed E-state index contributed by atoms with van der Waals surface area (Å²) in [6, 6.07) is 3.49. The summed E-state index contributed by atoms with van der Waals surface area (Å²) >= 11 is 0. The molecule has 0 saturated heterocycles. The third-order valence-corrected chi connectivity index (χ3v) is 2.84. The summed E-state index contributed by atoms with van der Waals surface area (Å²) in [7, 11) is 0. The number of nitrogens with one attached hydrogen (secondary N) is 1. The zero-order valence-corrected chi connectivity index (χ0v) is 8.34. The van der Waals surface area contributed by atoms with Crippen LogP contribution in [0.2, 0.25) is 0 Å². The molecule has 1 aliphatic rings. The van der Waals surface area contributed by atoms with Gasteiger partial charge in [0.25, 0.3) is 0 Å². The highest BCUT2D eigenvalue weighted by atomic mass is 19.1. The number of nitrogens with two attached hydrogens (primary N) is 1. The first-order chi connectivity index (χ1) is 7.16. The van der Waals surface area contributed by atoms with E-state index in [9.17, 15) is 8.78 Å². The van der Waals surface area contributed by atoms with Crippen molar-refractivity contribution in [1.82, 2.24) is 0 Å². The highest BCUT2D eigenvalue weighted by Gasteiger charge is 2.24. The van der Waals surface area contributed by atoms with E-state index in [0.717, 1.165) is 31.4 Å². The molecule has 3 N–H and O–H groups in total. The molecule has 15 heavy (non-hydrogen) atoms. The molecule has 2 nitrogen and oxygen atoms in total. The first-order valence-electron chi connectivity index (χ1n) is 5.14. The second kappa shape index (κ2) is 4.14. The van der Waals surface area contributed by atoms with E-state index >= 15 is 0 Å². The Morgan fingerprint density at radius 1 is 1.27 bits per heavy atom. The Kier molecular flexibility index (Phi) is 2.86. The molecule has 1 aromatic rings. The van der Waals surface area contributed by atoms with Crippen molar-refractivity contribution >= 4 is 5.69 Å². The summed E-state index contributed by atoms with van der Waals surface area (Å²) in [6.07, 6.45) is 2.89. The van der Waals surface area contributed by atoms with Crippen molar-refractivity contribution in [1.29, 1.82) is 0 Å². The van der Waals surface area contributed by atoms with Crippen molar-refractivity contribution < 1.29 is 8.78 Å². The molecule has 0 aliphatic heterocycles. The van der Waals surface area contributed by atoms with E-state index in [-0.39, 0.29) is 17.8 Å². The van der Waals surface area contributed by atoms with Crippen molar-refractivity contribution in [2.45, 2.75) is 31.3 Å². The molecule has 0 amide bonds. The van der Waals surface area contributed by atoms with Crippen LogP contribution in [0.25, 0.3) is 0 Å². The molecular weight excluding hydrogens is 198 g/mol. The Morgan fingerprint density at radius 3 is 2.73 bits per heavy atom. The van der Waals surface area contributed by atoms with Gasteiger partial charge in [0.1, 0.15) is 11.6 Å². The van der Waals surface area contributed by atoms with Crippen LogP contribution in [0.4, 0.5) is 14.5 Å². The quantitative estimate of drug-likeness (QED) is 0.789. The van der Waals surface area contributed by atoms with Gasteiger partial charge in [-0.1, -0.05) is 0 Å². The van der Waals surface area contributed by atoms with E-state index in [1.165, 1.54) is 6.07 Å². The molecule has 0 unspecified atom stereocenters. The van der Waals surface area contributed by atoms with Gasteiger partial charge < -0.3 is 11.1 Å². The number of benzene rings is 1. The van der Waals surface area contributed by atoms with Gasteiger partial charge in [0.15, 0.2) is 0 Å². The number of hydrogen-bond donors (Lipinski definition) is 2. The summed E-state index contributed by atoms with van der Waals surface area (Å²) in [5.41, 5.74) is 6.04. The van der Waals surface area contributed by atoms with Crippen molar-refractivity contribution in [2.75, 3.05) is 5.32 Å². The molecule has 1 aromatic carbocycles. The minimum atomic E-state index is -0.439. The zero-order valence-electron chi connectivity index (χ0n) is 8.34. The molecule has 1 fully saturated rings. The van der Waals surface area contributed by atoms with Gasteiger partial charge in [-0.3, -0.25) is 0 Å². The van der Waals surface area contributed by atoms with Gasteiger partial charge >= 0.3 is 0 Å². The summed E-state index contributed by atoms with van der Waals surface area (Å²) in [5.74, 6) is -0.874. The van der Waals surface area contributed by atoms with Crippen LogP contribution in [0.3, 0.4) is 0 Å². The fourth-order valence-electron chi connectivity index (χ4n) is 1.98. The largest absolute Gasteiger partial charge is 0.378 e. The van der Waals surface area contributed by atoms with E-state index in [0.29, 0.717) is 0 Å². The average molecular weight is 212 g/mol.